The monoisotopic (exact) mass is 348 g/mol. The van der Waals surface area contributed by atoms with Gasteiger partial charge in [-0.15, -0.1) is 0 Å². The quantitative estimate of drug-likeness (QED) is 0.845. The molecule has 6 heteroatoms. The topological polar surface area (TPSA) is 29.3 Å². The Kier molecular flexibility index (Phi) is 4.88. The Bertz CT molecular complexity index is 512. The molecule has 0 saturated heterocycles. The average Bonchev–Trinajstić information content (AvgIpc) is 2.40. The molecular weight excluding hydrogens is 333 g/mol. The third-order valence-electron chi connectivity index (χ3n) is 3.40. The summed E-state index contributed by atoms with van der Waals surface area (Å²) in [6.45, 7) is 1.86. The highest BCUT2D eigenvalue weighted by molar-refractivity contribution is 9.10. The first-order valence-electron chi connectivity index (χ1n) is 6.36. The normalized spacial score (nSPS) is 17.1. The fraction of sp³-hybridized carbons (Fsp3) is 0.429. The van der Waals surface area contributed by atoms with Gasteiger partial charge in [-0.1, -0.05) is 34.1 Å². The summed E-state index contributed by atoms with van der Waals surface area (Å²) in [5, 5.41) is 0. The molecule has 1 aliphatic rings. The molecule has 1 aliphatic heterocycles. The molecule has 2 N–H and O–H groups in total. The third kappa shape index (κ3) is 3.84. The molecule has 2 rings (SSSR count). The van der Waals surface area contributed by atoms with Crippen LogP contribution in [0.3, 0.4) is 0 Å². The highest BCUT2D eigenvalue weighted by Crippen LogP contribution is 2.31. The maximum absolute atomic E-state index is 12.5. The van der Waals surface area contributed by atoms with E-state index < -0.39 is 11.7 Å². The van der Waals surface area contributed by atoms with E-state index in [9.17, 15) is 13.2 Å². The van der Waals surface area contributed by atoms with Crippen LogP contribution in [0.25, 0.3) is 0 Å². The minimum atomic E-state index is -4.19. The summed E-state index contributed by atoms with van der Waals surface area (Å²) in [6.07, 6.45) is -2.84. The summed E-state index contributed by atoms with van der Waals surface area (Å²) >= 11 is 3.48. The van der Waals surface area contributed by atoms with Gasteiger partial charge < -0.3 is 5.73 Å². The van der Waals surface area contributed by atoms with E-state index in [1.165, 1.54) is 6.08 Å². The van der Waals surface area contributed by atoms with Crippen LogP contribution >= 0.6 is 15.9 Å². The first-order valence-corrected chi connectivity index (χ1v) is 7.15. The van der Waals surface area contributed by atoms with Crippen LogP contribution in [0.15, 0.2) is 34.3 Å². The third-order valence-corrected chi connectivity index (χ3v) is 4.14. The standard InChI is InChI=1S/C14H16BrF3N2/c15-13-7-10(8-19)1-2-11(13)9-20-5-3-12(4-6-20)14(16,17)18/h1-3,7H,4-6,8-9,19H2. The molecule has 0 aliphatic carbocycles. The van der Waals surface area contributed by atoms with Gasteiger partial charge in [0.2, 0.25) is 0 Å². The van der Waals surface area contributed by atoms with Crippen molar-refractivity contribution in [2.24, 2.45) is 5.73 Å². The molecule has 1 heterocycles. The van der Waals surface area contributed by atoms with Crippen molar-refractivity contribution in [3.8, 4) is 0 Å². The molecule has 0 saturated carbocycles. The summed E-state index contributed by atoms with van der Waals surface area (Å²) in [6, 6.07) is 5.87. The van der Waals surface area contributed by atoms with Crippen LogP contribution in [0.2, 0.25) is 0 Å². The number of nitrogens with zero attached hydrogens (tertiary/aromatic N) is 1. The molecule has 0 unspecified atom stereocenters. The largest absolute Gasteiger partial charge is 0.412 e. The predicted molar refractivity (Wildman–Crippen MR) is 76.1 cm³/mol. The van der Waals surface area contributed by atoms with E-state index in [4.69, 9.17) is 5.73 Å². The van der Waals surface area contributed by atoms with Gasteiger partial charge in [-0.2, -0.15) is 13.2 Å². The Morgan fingerprint density at radius 1 is 1.30 bits per heavy atom. The van der Waals surface area contributed by atoms with Crippen LogP contribution < -0.4 is 5.73 Å². The van der Waals surface area contributed by atoms with Crippen molar-refractivity contribution < 1.29 is 13.2 Å². The van der Waals surface area contributed by atoms with E-state index in [2.05, 4.69) is 15.9 Å². The molecule has 1 aromatic carbocycles. The molecule has 0 bridgehead atoms. The molecule has 0 spiro atoms. The van der Waals surface area contributed by atoms with Crippen LogP contribution in [-0.4, -0.2) is 24.2 Å². The Labute approximate surface area is 124 Å². The number of alkyl halides is 3. The first kappa shape index (κ1) is 15.5. The maximum Gasteiger partial charge on any atom is 0.412 e. The summed E-state index contributed by atoms with van der Waals surface area (Å²) in [5.41, 5.74) is 7.24. The van der Waals surface area contributed by atoms with Crippen molar-refractivity contribution in [2.75, 3.05) is 13.1 Å². The lowest BCUT2D eigenvalue weighted by atomic mass is 10.1. The van der Waals surface area contributed by atoms with Gasteiger partial charge in [-0.05, 0) is 23.6 Å². The molecule has 110 valence electrons. The molecule has 20 heavy (non-hydrogen) atoms. The second-order valence-electron chi connectivity index (χ2n) is 4.84. The van der Waals surface area contributed by atoms with Crippen LogP contribution in [-0.2, 0) is 13.1 Å². The lowest BCUT2D eigenvalue weighted by Gasteiger charge is -2.27. The molecule has 0 atom stereocenters. The van der Waals surface area contributed by atoms with Crippen molar-refractivity contribution in [1.82, 2.24) is 4.90 Å². The van der Waals surface area contributed by atoms with Crippen LogP contribution in [0.4, 0.5) is 13.2 Å². The fourth-order valence-corrected chi connectivity index (χ4v) is 2.75. The van der Waals surface area contributed by atoms with Crippen molar-refractivity contribution in [3.05, 3.63) is 45.4 Å². The molecule has 0 aromatic heterocycles. The first-order chi connectivity index (χ1) is 9.40. The van der Waals surface area contributed by atoms with Crippen molar-refractivity contribution in [2.45, 2.75) is 25.7 Å². The number of halogens is 4. The van der Waals surface area contributed by atoms with E-state index in [0.717, 1.165) is 15.6 Å². The summed E-state index contributed by atoms with van der Waals surface area (Å²) in [5.74, 6) is 0. The Hall–Kier alpha value is -0.850. The minimum Gasteiger partial charge on any atom is -0.326 e. The zero-order valence-corrected chi connectivity index (χ0v) is 12.5. The summed E-state index contributed by atoms with van der Waals surface area (Å²) in [7, 11) is 0. The maximum atomic E-state index is 12.5. The highest BCUT2D eigenvalue weighted by Gasteiger charge is 2.34. The van der Waals surface area contributed by atoms with E-state index in [1.54, 1.807) is 0 Å². The van der Waals surface area contributed by atoms with E-state index in [0.29, 0.717) is 26.2 Å². The van der Waals surface area contributed by atoms with Crippen molar-refractivity contribution >= 4 is 15.9 Å². The van der Waals surface area contributed by atoms with Gasteiger partial charge in [-0.3, -0.25) is 4.90 Å². The van der Waals surface area contributed by atoms with E-state index in [-0.39, 0.29) is 6.42 Å². The van der Waals surface area contributed by atoms with E-state index >= 15 is 0 Å². The van der Waals surface area contributed by atoms with Gasteiger partial charge in [-0.25, -0.2) is 0 Å². The number of benzene rings is 1. The van der Waals surface area contributed by atoms with Gasteiger partial charge in [0, 0.05) is 36.2 Å². The lowest BCUT2D eigenvalue weighted by molar-refractivity contribution is -0.0960. The Balaban J connectivity index is 2.01. The second kappa shape index (κ2) is 6.28. The Morgan fingerprint density at radius 2 is 2.05 bits per heavy atom. The van der Waals surface area contributed by atoms with Crippen molar-refractivity contribution in [1.29, 1.82) is 0 Å². The predicted octanol–water partition coefficient (Wildman–Crippen LogP) is 3.60. The molecule has 2 nitrogen and oxygen atoms in total. The van der Waals surface area contributed by atoms with Gasteiger partial charge in [0.15, 0.2) is 0 Å². The molecule has 0 fully saturated rings. The number of rotatable bonds is 3. The summed E-state index contributed by atoms with van der Waals surface area (Å²) in [4.78, 5) is 2.00. The van der Waals surface area contributed by atoms with Gasteiger partial charge in [0.25, 0.3) is 0 Å². The minimum absolute atomic E-state index is 0.0575. The van der Waals surface area contributed by atoms with E-state index in [1.807, 2.05) is 23.1 Å². The Morgan fingerprint density at radius 3 is 2.55 bits per heavy atom. The smallest absolute Gasteiger partial charge is 0.326 e. The van der Waals surface area contributed by atoms with Gasteiger partial charge in [0.05, 0.1) is 0 Å². The second-order valence-corrected chi connectivity index (χ2v) is 5.70. The number of nitrogens with two attached hydrogens (primary N) is 1. The molecule has 0 amide bonds. The van der Waals surface area contributed by atoms with Gasteiger partial charge >= 0.3 is 6.18 Å². The number of hydrogen-bond acceptors (Lipinski definition) is 2. The van der Waals surface area contributed by atoms with Gasteiger partial charge in [0.1, 0.15) is 0 Å². The van der Waals surface area contributed by atoms with Crippen LogP contribution in [0.1, 0.15) is 17.5 Å². The van der Waals surface area contributed by atoms with Crippen LogP contribution in [0, 0.1) is 0 Å². The molecular formula is C14H16BrF3N2. The molecule has 0 radical (unpaired) electrons. The molecule has 1 aromatic rings. The highest BCUT2D eigenvalue weighted by atomic mass is 79.9. The number of hydrogen-bond donors (Lipinski definition) is 1. The fourth-order valence-electron chi connectivity index (χ4n) is 2.20. The zero-order valence-electron chi connectivity index (χ0n) is 10.9. The zero-order chi connectivity index (χ0) is 14.8. The SMILES string of the molecule is NCc1ccc(CN2CC=C(C(F)(F)F)CC2)c(Br)c1. The summed E-state index contributed by atoms with van der Waals surface area (Å²) < 4.78 is 38.6. The van der Waals surface area contributed by atoms with Crippen molar-refractivity contribution in [3.63, 3.8) is 0 Å². The lowest BCUT2D eigenvalue weighted by Crippen LogP contribution is -2.31. The average molecular weight is 349 g/mol. The van der Waals surface area contributed by atoms with Crippen LogP contribution in [0.5, 0.6) is 0 Å².